The van der Waals surface area contributed by atoms with Gasteiger partial charge in [-0.2, -0.15) is 11.8 Å². The molecule has 3 N–H and O–H groups in total. The standard InChI is InChI=1S/C16H25N3OS/c1-19-7-9-21-11-15(19)14(18-17)4-2-12-3-5-16-13(10-12)6-8-20-16/h3,5,10,14-15,18H,2,4,6-9,11,17H2,1H3. The Labute approximate surface area is 131 Å². The monoisotopic (exact) mass is 307 g/mol. The first-order valence-electron chi connectivity index (χ1n) is 7.76. The number of hydrogen-bond donors (Lipinski definition) is 2. The van der Waals surface area contributed by atoms with E-state index in [0.29, 0.717) is 12.1 Å². The predicted octanol–water partition coefficient (Wildman–Crippen LogP) is 1.43. The lowest BCUT2D eigenvalue weighted by molar-refractivity contribution is 0.209. The number of likely N-dealkylation sites (N-methyl/N-ethyl adjacent to an activating group) is 1. The van der Waals surface area contributed by atoms with E-state index in [9.17, 15) is 0 Å². The minimum absolute atomic E-state index is 0.354. The maximum absolute atomic E-state index is 5.81. The Morgan fingerprint density at radius 3 is 3.24 bits per heavy atom. The van der Waals surface area contributed by atoms with Gasteiger partial charge in [-0.1, -0.05) is 12.1 Å². The van der Waals surface area contributed by atoms with Crippen molar-refractivity contribution < 1.29 is 4.74 Å². The third-order valence-corrected chi connectivity index (χ3v) is 5.67. The van der Waals surface area contributed by atoms with E-state index in [0.717, 1.165) is 38.2 Å². The van der Waals surface area contributed by atoms with Crippen LogP contribution in [0.2, 0.25) is 0 Å². The fourth-order valence-corrected chi connectivity index (χ4v) is 4.55. The molecule has 2 aliphatic heterocycles. The number of benzene rings is 1. The lowest BCUT2D eigenvalue weighted by atomic mass is 9.98. The van der Waals surface area contributed by atoms with E-state index in [1.54, 1.807) is 0 Å². The molecule has 0 radical (unpaired) electrons. The van der Waals surface area contributed by atoms with Crippen LogP contribution in [-0.4, -0.2) is 48.7 Å². The summed E-state index contributed by atoms with van der Waals surface area (Å²) >= 11 is 2.03. The zero-order valence-electron chi connectivity index (χ0n) is 12.7. The molecule has 1 fully saturated rings. The molecule has 5 heteroatoms. The van der Waals surface area contributed by atoms with Crippen molar-refractivity contribution in [1.82, 2.24) is 10.3 Å². The van der Waals surface area contributed by atoms with E-state index in [1.165, 1.54) is 22.6 Å². The van der Waals surface area contributed by atoms with Gasteiger partial charge < -0.3 is 9.64 Å². The Bertz CT molecular complexity index is 483. The molecule has 0 aliphatic carbocycles. The normalized spacial score (nSPS) is 23.6. The topological polar surface area (TPSA) is 50.5 Å². The molecule has 4 nitrogen and oxygen atoms in total. The lowest BCUT2D eigenvalue weighted by Gasteiger charge is -2.37. The number of nitrogens with two attached hydrogens (primary N) is 1. The number of nitrogens with zero attached hydrogens (tertiary/aromatic N) is 1. The Morgan fingerprint density at radius 2 is 2.43 bits per heavy atom. The summed E-state index contributed by atoms with van der Waals surface area (Å²) in [6.45, 7) is 1.99. The van der Waals surface area contributed by atoms with E-state index >= 15 is 0 Å². The molecule has 1 saturated heterocycles. The van der Waals surface area contributed by atoms with Crippen LogP contribution < -0.4 is 16.0 Å². The summed E-state index contributed by atoms with van der Waals surface area (Å²) in [7, 11) is 2.21. The Kier molecular flexibility index (Phi) is 5.06. The molecule has 3 rings (SSSR count). The minimum atomic E-state index is 0.354. The number of hydrogen-bond acceptors (Lipinski definition) is 5. The van der Waals surface area contributed by atoms with Gasteiger partial charge in [-0.15, -0.1) is 0 Å². The number of rotatable bonds is 5. The van der Waals surface area contributed by atoms with Crippen LogP contribution in [-0.2, 0) is 12.8 Å². The van der Waals surface area contributed by atoms with Crippen molar-refractivity contribution in [3.05, 3.63) is 29.3 Å². The number of nitrogens with one attached hydrogen (secondary N) is 1. The van der Waals surface area contributed by atoms with E-state index in [-0.39, 0.29) is 0 Å². The van der Waals surface area contributed by atoms with Gasteiger partial charge in [-0.05, 0) is 37.1 Å². The number of hydrazine groups is 1. The average Bonchev–Trinajstić information content (AvgIpc) is 2.97. The summed E-state index contributed by atoms with van der Waals surface area (Å²) in [5.74, 6) is 9.28. The maximum Gasteiger partial charge on any atom is 0.122 e. The number of aryl methyl sites for hydroxylation is 1. The number of ether oxygens (including phenoxy) is 1. The fourth-order valence-electron chi connectivity index (χ4n) is 3.23. The van der Waals surface area contributed by atoms with Crippen molar-refractivity contribution >= 4 is 11.8 Å². The van der Waals surface area contributed by atoms with Gasteiger partial charge in [0.1, 0.15) is 5.75 Å². The van der Waals surface area contributed by atoms with Crippen LogP contribution in [0.15, 0.2) is 18.2 Å². The van der Waals surface area contributed by atoms with Gasteiger partial charge in [0, 0.05) is 36.6 Å². The van der Waals surface area contributed by atoms with Crippen LogP contribution in [0.4, 0.5) is 0 Å². The number of thioether (sulfide) groups is 1. The van der Waals surface area contributed by atoms with Crippen LogP contribution in [0.1, 0.15) is 17.5 Å². The van der Waals surface area contributed by atoms with Gasteiger partial charge in [-0.3, -0.25) is 11.3 Å². The molecule has 2 unspecified atom stereocenters. The molecule has 0 saturated carbocycles. The first-order chi connectivity index (χ1) is 10.3. The zero-order valence-corrected chi connectivity index (χ0v) is 13.5. The van der Waals surface area contributed by atoms with Crippen LogP contribution in [0.3, 0.4) is 0 Å². The first kappa shape index (κ1) is 15.2. The van der Waals surface area contributed by atoms with Crippen LogP contribution in [0.25, 0.3) is 0 Å². The van der Waals surface area contributed by atoms with Crippen molar-refractivity contribution in [3.8, 4) is 5.75 Å². The molecule has 2 atom stereocenters. The summed E-state index contributed by atoms with van der Waals surface area (Å²) < 4.78 is 5.57. The minimum Gasteiger partial charge on any atom is -0.493 e. The Hall–Kier alpha value is -0.750. The van der Waals surface area contributed by atoms with Crippen LogP contribution in [0, 0.1) is 0 Å². The van der Waals surface area contributed by atoms with Crippen molar-refractivity contribution in [2.75, 3.05) is 31.7 Å². The molecule has 0 spiro atoms. The van der Waals surface area contributed by atoms with E-state index in [4.69, 9.17) is 10.6 Å². The molecule has 21 heavy (non-hydrogen) atoms. The van der Waals surface area contributed by atoms with Gasteiger partial charge in [0.05, 0.1) is 6.61 Å². The van der Waals surface area contributed by atoms with Crippen molar-refractivity contribution in [3.63, 3.8) is 0 Å². The summed E-state index contributed by atoms with van der Waals surface area (Å²) in [6, 6.07) is 7.50. The van der Waals surface area contributed by atoms with Gasteiger partial charge in [0.25, 0.3) is 0 Å². The quantitative estimate of drug-likeness (QED) is 0.637. The van der Waals surface area contributed by atoms with Gasteiger partial charge in [0.15, 0.2) is 0 Å². The van der Waals surface area contributed by atoms with Crippen LogP contribution >= 0.6 is 11.8 Å². The Morgan fingerprint density at radius 1 is 1.52 bits per heavy atom. The molecule has 0 amide bonds. The summed E-state index contributed by atoms with van der Waals surface area (Å²) in [4.78, 5) is 2.44. The van der Waals surface area contributed by atoms with Gasteiger partial charge >= 0.3 is 0 Å². The van der Waals surface area contributed by atoms with Gasteiger partial charge in [-0.25, -0.2) is 0 Å². The van der Waals surface area contributed by atoms with E-state index in [1.807, 2.05) is 11.8 Å². The lowest BCUT2D eigenvalue weighted by Crippen LogP contribution is -2.54. The molecule has 1 aromatic rings. The first-order valence-corrected chi connectivity index (χ1v) is 8.92. The zero-order chi connectivity index (χ0) is 14.7. The summed E-state index contributed by atoms with van der Waals surface area (Å²) in [5, 5.41) is 0. The summed E-state index contributed by atoms with van der Waals surface area (Å²) in [6.07, 6.45) is 3.19. The van der Waals surface area contributed by atoms with Crippen molar-refractivity contribution in [2.24, 2.45) is 5.84 Å². The molecule has 2 heterocycles. The highest BCUT2D eigenvalue weighted by molar-refractivity contribution is 7.99. The second-order valence-electron chi connectivity index (χ2n) is 5.98. The smallest absolute Gasteiger partial charge is 0.122 e. The molecule has 0 aromatic heterocycles. The third-order valence-electron chi connectivity index (χ3n) is 4.62. The molecule has 0 bridgehead atoms. The predicted molar refractivity (Wildman–Crippen MR) is 88.8 cm³/mol. The highest BCUT2D eigenvalue weighted by Crippen LogP contribution is 2.27. The summed E-state index contributed by atoms with van der Waals surface area (Å²) in [5.41, 5.74) is 5.80. The van der Waals surface area contributed by atoms with Gasteiger partial charge in [0.2, 0.25) is 0 Å². The second-order valence-corrected chi connectivity index (χ2v) is 7.13. The Balaban J connectivity index is 1.59. The molecule has 1 aromatic carbocycles. The van der Waals surface area contributed by atoms with Crippen molar-refractivity contribution in [1.29, 1.82) is 0 Å². The number of fused-ring (bicyclic) bond motifs is 1. The molecule has 2 aliphatic rings. The van der Waals surface area contributed by atoms with E-state index < -0.39 is 0 Å². The SMILES string of the molecule is CN1CCSCC1C(CCc1ccc2c(c1)CCO2)NN. The molecular weight excluding hydrogens is 282 g/mol. The molecular formula is C16H25N3OS. The van der Waals surface area contributed by atoms with Crippen LogP contribution in [0.5, 0.6) is 5.75 Å². The average molecular weight is 307 g/mol. The van der Waals surface area contributed by atoms with E-state index in [2.05, 4.69) is 35.6 Å². The highest BCUT2D eigenvalue weighted by atomic mass is 32.2. The third kappa shape index (κ3) is 3.54. The maximum atomic E-state index is 5.81. The highest BCUT2D eigenvalue weighted by Gasteiger charge is 2.27. The molecule has 116 valence electrons. The largest absolute Gasteiger partial charge is 0.493 e. The fraction of sp³-hybridized carbons (Fsp3) is 0.625. The second kappa shape index (κ2) is 7.01. The van der Waals surface area contributed by atoms with Crippen molar-refractivity contribution in [2.45, 2.75) is 31.3 Å².